The van der Waals surface area contributed by atoms with Crippen molar-refractivity contribution in [3.63, 3.8) is 0 Å². The minimum atomic E-state index is 0.379. The maximum absolute atomic E-state index is 4.07. The van der Waals surface area contributed by atoms with E-state index < -0.39 is 0 Å². The zero-order valence-electron chi connectivity index (χ0n) is 10.7. The summed E-state index contributed by atoms with van der Waals surface area (Å²) in [4.78, 5) is 0. The second kappa shape index (κ2) is 6.58. The number of hydrogen-bond donors (Lipinski definition) is 3. The minimum Gasteiger partial charge on any atom is -0.391 e. The largest absolute Gasteiger partial charge is 0.391 e. The number of rotatable bonds is 7. The molecule has 1 heterocycles. The lowest BCUT2D eigenvalue weighted by molar-refractivity contribution is 0.340. The molecule has 0 aliphatic carbocycles. The molecule has 4 atom stereocenters. The normalized spacial score (nSPS) is 26.3. The molecule has 0 radical (unpaired) electrons. The van der Waals surface area contributed by atoms with Crippen LogP contribution < -0.4 is 16.0 Å². The van der Waals surface area contributed by atoms with Gasteiger partial charge in [0.05, 0.1) is 0 Å². The van der Waals surface area contributed by atoms with Crippen molar-refractivity contribution in [3.05, 3.63) is 12.3 Å². The molecule has 1 saturated heterocycles. The van der Waals surface area contributed by atoms with Crippen LogP contribution in [0.25, 0.3) is 0 Å². The van der Waals surface area contributed by atoms with Crippen LogP contribution in [-0.4, -0.2) is 37.9 Å². The van der Waals surface area contributed by atoms with Crippen LogP contribution in [0.2, 0.25) is 0 Å². The van der Waals surface area contributed by atoms with Gasteiger partial charge in [0, 0.05) is 43.6 Å². The summed E-state index contributed by atoms with van der Waals surface area (Å²) in [6.07, 6.45) is 1.13. The molecule has 3 N–H and O–H groups in total. The van der Waals surface area contributed by atoms with Crippen molar-refractivity contribution >= 4 is 9.24 Å². The van der Waals surface area contributed by atoms with E-state index in [-0.39, 0.29) is 0 Å². The molecular formula is C12H26N3P. The van der Waals surface area contributed by atoms with E-state index in [0.29, 0.717) is 18.0 Å². The Morgan fingerprint density at radius 2 is 2.25 bits per heavy atom. The Morgan fingerprint density at radius 1 is 1.56 bits per heavy atom. The van der Waals surface area contributed by atoms with E-state index in [1.807, 2.05) is 7.05 Å². The number of hydrogen-bond acceptors (Lipinski definition) is 3. The quantitative estimate of drug-likeness (QED) is 0.582. The molecular weight excluding hydrogens is 217 g/mol. The van der Waals surface area contributed by atoms with E-state index in [1.54, 1.807) is 0 Å². The first kappa shape index (κ1) is 14.0. The highest BCUT2D eigenvalue weighted by atomic mass is 31.0. The van der Waals surface area contributed by atoms with Crippen LogP contribution in [-0.2, 0) is 0 Å². The summed E-state index contributed by atoms with van der Waals surface area (Å²) in [7, 11) is 4.84. The molecule has 0 amide bonds. The molecule has 1 rings (SSSR count). The third-order valence-electron chi connectivity index (χ3n) is 3.17. The molecule has 0 bridgehead atoms. The minimum absolute atomic E-state index is 0.379. The third kappa shape index (κ3) is 4.04. The van der Waals surface area contributed by atoms with Crippen LogP contribution >= 0.6 is 9.24 Å². The van der Waals surface area contributed by atoms with Gasteiger partial charge >= 0.3 is 0 Å². The fraction of sp³-hybridized carbons (Fsp3) is 0.833. The molecule has 4 unspecified atom stereocenters. The monoisotopic (exact) mass is 243 g/mol. The van der Waals surface area contributed by atoms with Crippen LogP contribution in [0.4, 0.5) is 0 Å². The van der Waals surface area contributed by atoms with E-state index in [2.05, 4.69) is 45.6 Å². The van der Waals surface area contributed by atoms with Gasteiger partial charge in [-0.05, 0) is 12.3 Å². The molecule has 0 spiro atoms. The zero-order chi connectivity index (χ0) is 12.1. The molecule has 1 fully saturated rings. The summed E-state index contributed by atoms with van der Waals surface area (Å²) in [6.45, 7) is 10.7. The Kier molecular flexibility index (Phi) is 5.74. The highest BCUT2D eigenvalue weighted by Crippen LogP contribution is 2.15. The third-order valence-corrected chi connectivity index (χ3v) is 3.87. The number of likely N-dealkylation sites (N-methyl/N-ethyl adjacent to an activating group) is 1. The maximum atomic E-state index is 4.07. The van der Waals surface area contributed by atoms with Gasteiger partial charge in [0.2, 0.25) is 0 Å². The van der Waals surface area contributed by atoms with Crippen molar-refractivity contribution in [2.24, 2.45) is 5.92 Å². The molecule has 0 saturated carbocycles. The summed E-state index contributed by atoms with van der Waals surface area (Å²) in [6, 6.07) is 0.980. The summed E-state index contributed by atoms with van der Waals surface area (Å²) < 4.78 is 0. The Labute approximate surface area is 102 Å². The Balaban J connectivity index is 2.34. The average molecular weight is 243 g/mol. The lowest BCUT2D eigenvalue weighted by atomic mass is 10.00. The van der Waals surface area contributed by atoms with Crippen LogP contribution in [0.3, 0.4) is 0 Å². The zero-order valence-corrected chi connectivity index (χ0v) is 11.9. The van der Waals surface area contributed by atoms with Gasteiger partial charge < -0.3 is 16.0 Å². The maximum Gasteiger partial charge on any atom is 0.0466 e. The van der Waals surface area contributed by atoms with Crippen molar-refractivity contribution in [3.8, 4) is 0 Å². The molecule has 0 aromatic rings. The Morgan fingerprint density at radius 3 is 2.62 bits per heavy atom. The van der Waals surface area contributed by atoms with Crippen LogP contribution in [0.1, 0.15) is 20.3 Å². The number of nitrogens with one attached hydrogen (secondary N) is 3. The second-order valence-electron chi connectivity index (χ2n) is 5.04. The molecule has 16 heavy (non-hydrogen) atoms. The standard InChI is InChI=1S/C12H26N3P/c1-8(2)5-10(9(3)13-4)14-6-11-12(16)7-15-11/h8,10-15H,3,5-7,16H2,1-2,4H3. The highest BCUT2D eigenvalue weighted by Gasteiger charge is 2.26. The first-order valence-corrected chi connectivity index (χ1v) is 6.80. The van der Waals surface area contributed by atoms with Gasteiger partial charge in [-0.25, -0.2) is 0 Å². The molecule has 1 aliphatic heterocycles. The Hall–Kier alpha value is -0.110. The molecule has 0 aromatic carbocycles. The van der Waals surface area contributed by atoms with Crippen LogP contribution in [0, 0.1) is 5.92 Å². The molecule has 1 aliphatic rings. The van der Waals surface area contributed by atoms with Gasteiger partial charge in [0.25, 0.3) is 0 Å². The first-order chi connectivity index (χ1) is 7.54. The van der Waals surface area contributed by atoms with Crippen molar-refractivity contribution in [2.75, 3.05) is 20.1 Å². The van der Waals surface area contributed by atoms with E-state index in [0.717, 1.165) is 30.9 Å². The second-order valence-corrected chi connectivity index (χ2v) is 5.90. The first-order valence-electron chi connectivity index (χ1n) is 6.13. The molecule has 3 nitrogen and oxygen atoms in total. The van der Waals surface area contributed by atoms with Gasteiger partial charge in [-0.3, -0.25) is 0 Å². The SMILES string of the molecule is C=C(NC)C(CC(C)C)NCC1NCC1P. The van der Waals surface area contributed by atoms with Crippen molar-refractivity contribution in [2.45, 2.75) is 38.0 Å². The molecule has 4 heteroatoms. The van der Waals surface area contributed by atoms with Gasteiger partial charge in [0.1, 0.15) is 0 Å². The summed E-state index contributed by atoms with van der Waals surface area (Å²) in [5.41, 5.74) is 1.81. The molecule has 0 aromatic heterocycles. The van der Waals surface area contributed by atoms with Crippen molar-refractivity contribution in [1.29, 1.82) is 0 Å². The average Bonchev–Trinajstić information content (AvgIpc) is 2.24. The van der Waals surface area contributed by atoms with Gasteiger partial charge in [0.15, 0.2) is 0 Å². The van der Waals surface area contributed by atoms with Gasteiger partial charge in [-0.15, -0.1) is 9.24 Å². The fourth-order valence-corrected chi connectivity index (χ4v) is 2.32. The molecule has 94 valence electrons. The van der Waals surface area contributed by atoms with Crippen LogP contribution in [0.15, 0.2) is 12.3 Å². The van der Waals surface area contributed by atoms with E-state index in [4.69, 9.17) is 0 Å². The lowest BCUT2D eigenvalue weighted by Crippen LogP contribution is -2.59. The van der Waals surface area contributed by atoms with Crippen molar-refractivity contribution in [1.82, 2.24) is 16.0 Å². The fourth-order valence-electron chi connectivity index (χ4n) is 1.91. The summed E-state index contributed by atoms with van der Waals surface area (Å²) >= 11 is 0. The predicted octanol–water partition coefficient (Wildman–Crippen LogP) is 0.939. The van der Waals surface area contributed by atoms with Crippen LogP contribution in [0.5, 0.6) is 0 Å². The summed E-state index contributed by atoms with van der Waals surface area (Å²) in [5.74, 6) is 0.684. The van der Waals surface area contributed by atoms with E-state index in [1.165, 1.54) is 0 Å². The predicted molar refractivity (Wildman–Crippen MR) is 74.7 cm³/mol. The lowest BCUT2D eigenvalue weighted by Gasteiger charge is -2.37. The topological polar surface area (TPSA) is 36.1 Å². The van der Waals surface area contributed by atoms with E-state index in [9.17, 15) is 0 Å². The van der Waals surface area contributed by atoms with Gasteiger partial charge in [-0.1, -0.05) is 20.4 Å². The highest BCUT2D eigenvalue weighted by molar-refractivity contribution is 7.17. The van der Waals surface area contributed by atoms with Crippen molar-refractivity contribution < 1.29 is 0 Å². The van der Waals surface area contributed by atoms with E-state index >= 15 is 0 Å². The summed E-state index contributed by atoms with van der Waals surface area (Å²) in [5, 5.41) is 10.2. The Bertz CT molecular complexity index is 230. The smallest absolute Gasteiger partial charge is 0.0466 e. The van der Waals surface area contributed by atoms with Gasteiger partial charge in [-0.2, -0.15) is 0 Å².